The zero-order chi connectivity index (χ0) is 17.2. The molecule has 0 aliphatic rings. The van der Waals surface area contributed by atoms with Crippen LogP contribution in [0.3, 0.4) is 0 Å². The van der Waals surface area contributed by atoms with Gasteiger partial charge in [0, 0.05) is 17.6 Å². The molecule has 3 N–H and O–H groups in total. The summed E-state index contributed by atoms with van der Waals surface area (Å²) in [6, 6.07) is 6.11. The normalized spacial score (nSPS) is 11.5. The Morgan fingerprint density at radius 3 is 2.61 bits per heavy atom. The first-order valence-corrected chi connectivity index (χ1v) is 8.26. The van der Waals surface area contributed by atoms with Gasteiger partial charge in [-0.1, -0.05) is 12.1 Å². The highest BCUT2D eigenvalue weighted by atomic mass is 32.1. The van der Waals surface area contributed by atoms with Gasteiger partial charge in [-0.15, -0.1) is 0 Å². The summed E-state index contributed by atoms with van der Waals surface area (Å²) < 4.78 is 0. The Kier molecular flexibility index (Phi) is 5.09. The number of hydrogen-bond donors (Lipinski definition) is 3. The van der Waals surface area contributed by atoms with Crippen LogP contribution in [-0.2, 0) is 6.42 Å². The van der Waals surface area contributed by atoms with Crippen LogP contribution in [0.15, 0.2) is 23.0 Å². The van der Waals surface area contributed by atoms with E-state index in [0.29, 0.717) is 18.1 Å². The summed E-state index contributed by atoms with van der Waals surface area (Å²) in [5, 5.41) is 8.03. The van der Waals surface area contributed by atoms with Crippen LogP contribution >= 0.6 is 12.2 Å². The van der Waals surface area contributed by atoms with Crippen molar-refractivity contribution in [3.63, 3.8) is 0 Å². The second-order valence-corrected chi connectivity index (χ2v) is 7.38. The van der Waals surface area contributed by atoms with E-state index in [2.05, 4.69) is 48.5 Å². The average molecular weight is 331 g/mol. The summed E-state index contributed by atoms with van der Waals surface area (Å²) in [6.07, 6.45) is 0.629. The van der Waals surface area contributed by atoms with Crippen LogP contribution in [0.1, 0.15) is 37.5 Å². The Labute approximate surface area is 142 Å². The fourth-order valence-corrected chi connectivity index (χ4v) is 2.86. The summed E-state index contributed by atoms with van der Waals surface area (Å²) >= 11 is 5.25. The molecular weight excluding hydrogens is 306 g/mol. The number of nitrogens with one attached hydrogen (secondary N) is 3. The summed E-state index contributed by atoms with van der Waals surface area (Å²) in [5.74, 6) is 0. The van der Waals surface area contributed by atoms with Gasteiger partial charge in [-0.2, -0.15) is 0 Å². The molecule has 1 aromatic carbocycles. The largest absolute Gasteiger partial charge is 0.362 e. The highest BCUT2D eigenvalue weighted by molar-refractivity contribution is 7.80. The number of hydrogen-bond acceptors (Lipinski definition) is 2. The molecule has 0 unspecified atom stereocenters. The predicted octanol–water partition coefficient (Wildman–Crippen LogP) is 2.95. The Balaban J connectivity index is 2.10. The summed E-state index contributed by atoms with van der Waals surface area (Å²) in [4.78, 5) is 15.3. The Morgan fingerprint density at radius 1 is 1.26 bits per heavy atom. The van der Waals surface area contributed by atoms with Crippen LogP contribution in [-0.4, -0.2) is 22.2 Å². The van der Waals surface area contributed by atoms with Crippen molar-refractivity contribution >= 4 is 28.2 Å². The first-order valence-electron chi connectivity index (χ1n) is 7.85. The van der Waals surface area contributed by atoms with Crippen molar-refractivity contribution in [1.82, 2.24) is 15.6 Å². The van der Waals surface area contributed by atoms with Crippen molar-refractivity contribution in [3.05, 3.63) is 45.2 Å². The van der Waals surface area contributed by atoms with Crippen LogP contribution in [0.25, 0.3) is 10.9 Å². The van der Waals surface area contributed by atoms with Crippen LogP contribution in [0.4, 0.5) is 0 Å². The van der Waals surface area contributed by atoms with Gasteiger partial charge in [-0.25, -0.2) is 0 Å². The molecule has 0 atom stereocenters. The van der Waals surface area contributed by atoms with E-state index in [1.807, 2.05) is 19.9 Å². The molecule has 0 saturated carbocycles. The van der Waals surface area contributed by atoms with Crippen LogP contribution in [0.2, 0.25) is 0 Å². The van der Waals surface area contributed by atoms with E-state index in [-0.39, 0.29) is 11.1 Å². The summed E-state index contributed by atoms with van der Waals surface area (Å²) in [6.45, 7) is 10.9. The van der Waals surface area contributed by atoms with E-state index in [1.165, 1.54) is 5.56 Å². The fourth-order valence-electron chi connectivity index (χ4n) is 2.45. The number of benzene rings is 1. The van der Waals surface area contributed by atoms with Gasteiger partial charge < -0.3 is 15.6 Å². The second kappa shape index (κ2) is 6.71. The minimum Gasteiger partial charge on any atom is -0.362 e. The average Bonchev–Trinajstić information content (AvgIpc) is 2.42. The SMILES string of the molecule is Cc1ccc2cc(CCNC(=S)NC(C)(C)C)c(=O)[nH]c2c1C. The topological polar surface area (TPSA) is 56.9 Å². The number of rotatable bonds is 3. The standard InChI is InChI=1S/C18H25N3OS/c1-11-6-7-13-10-14(16(22)20-15(13)12(11)2)8-9-19-17(23)21-18(3,4)5/h6-7,10H,8-9H2,1-5H3,(H,20,22)(H2,19,21,23). The van der Waals surface area contributed by atoms with Crippen molar-refractivity contribution in [2.24, 2.45) is 0 Å². The van der Waals surface area contributed by atoms with Crippen molar-refractivity contribution < 1.29 is 0 Å². The third-order valence-corrected chi connectivity index (χ3v) is 4.04. The van der Waals surface area contributed by atoms with E-state index in [4.69, 9.17) is 12.2 Å². The molecule has 4 nitrogen and oxygen atoms in total. The molecule has 2 rings (SSSR count). The maximum Gasteiger partial charge on any atom is 0.251 e. The first-order chi connectivity index (χ1) is 10.7. The minimum absolute atomic E-state index is 0.0253. The monoisotopic (exact) mass is 331 g/mol. The van der Waals surface area contributed by atoms with Crippen molar-refractivity contribution in [1.29, 1.82) is 0 Å². The predicted molar refractivity (Wildman–Crippen MR) is 101 cm³/mol. The van der Waals surface area contributed by atoms with E-state index in [0.717, 1.165) is 22.0 Å². The molecule has 0 amide bonds. The molecule has 1 heterocycles. The van der Waals surface area contributed by atoms with Crippen molar-refractivity contribution in [2.75, 3.05) is 6.54 Å². The number of aryl methyl sites for hydroxylation is 2. The molecule has 0 radical (unpaired) electrons. The van der Waals surface area contributed by atoms with Gasteiger partial charge >= 0.3 is 0 Å². The first kappa shape index (κ1) is 17.5. The van der Waals surface area contributed by atoms with Gasteiger partial charge in [0.15, 0.2) is 5.11 Å². The van der Waals surface area contributed by atoms with E-state index >= 15 is 0 Å². The third kappa shape index (κ3) is 4.55. The molecule has 0 spiro atoms. The number of pyridine rings is 1. The Morgan fingerprint density at radius 2 is 1.96 bits per heavy atom. The number of H-pyrrole nitrogens is 1. The summed E-state index contributed by atoms with van der Waals surface area (Å²) in [5.41, 5.74) is 3.91. The molecule has 124 valence electrons. The zero-order valence-corrected chi connectivity index (χ0v) is 15.3. The number of aromatic nitrogens is 1. The van der Waals surface area contributed by atoms with E-state index < -0.39 is 0 Å². The van der Waals surface area contributed by atoms with Crippen LogP contribution in [0, 0.1) is 13.8 Å². The van der Waals surface area contributed by atoms with Crippen molar-refractivity contribution in [2.45, 2.75) is 46.6 Å². The lowest BCUT2D eigenvalue weighted by molar-refractivity contribution is 0.507. The van der Waals surface area contributed by atoms with Gasteiger partial charge in [0.25, 0.3) is 5.56 Å². The molecule has 2 aromatic rings. The van der Waals surface area contributed by atoms with Crippen LogP contribution < -0.4 is 16.2 Å². The Hall–Kier alpha value is -1.88. The highest BCUT2D eigenvalue weighted by Gasteiger charge is 2.11. The molecule has 0 aliphatic carbocycles. The van der Waals surface area contributed by atoms with Gasteiger partial charge in [0.05, 0.1) is 5.52 Å². The maximum atomic E-state index is 12.3. The minimum atomic E-state index is -0.0696. The lowest BCUT2D eigenvalue weighted by Gasteiger charge is -2.23. The third-order valence-electron chi connectivity index (χ3n) is 3.80. The number of aromatic amines is 1. The Bertz CT molecular complexity index is 787. The second-order valence-electron chi connectivity index (χ2n) is 6.98. The molecule has 1 aromatic heterocycles. The summed E-state index contributed by atoms with van der Waals surface area (Å²) in [7, 11) is 0. The maximum absolute atomic E-state index is 12.3. The van der Waals surface area contributed by atoms with E-state index in [1.54, 1.807) is 0 Å². The molecule has 0 saturated heterocycles. The van der Waals surface area contributed by atoms with Crippen LogP contribution in [0.5, 0.6) is 0 Å². The highest BCUT2D eigenvalue weighted by Crippen LogP contribution is 2.18. The van der Waals surface area contributed by atoms with Gasteiger partial charge in [0.2, 0.25) is 0 Å². The molecule has 0 aliphatic heterocycles. The van der Waals surface area contributed by atoms with Gasteiger partial charge in [0.1, 0.15) is 0 Å². The number of thiocarbonyl (C=S) groups is 1. The lowest BCUT2D eigenvalue weighted by Crippen LogP contribution is -2.46. The molecule has 5 heteroatoms. The van der Waals surface area contributed by atoms with Crippen molar-refractivity contribution in [3.8, 4) is 0 Å². The zero-order valence-electron chi connectivity index (χ0n) is 14.5. The van der Waals surface area contributed by atoms with E-state index in [9.17, 15) is 4.79 Å². The molecule has 23 heavy (non-hydrogen) atoms. The molecular formula is C18H25N3OS. The van der Waals surface area contributed by atoms with Gasteiger partial charge in [-0.3, -0.25) is 4.79 Å². The number of fused-ring (bicyclic) bond motifs is 1. The molecule has 0 fully saturated rings. The quantitative estimate of drug-likeness (QED) is 0.757. The molecule has 0 bridgehead atoms. The van der Waals surface area contributed by atoms with Gasteiger partial charge in [-0.05, 0) is 75.8 Å². The fraction of sp³-hybridized carbons (Fsp3) is 0.444. The smallest absolute Gasteiger partial charge is 0.251 e. The lowest BCUT2D eigenvalue weighted by atomic mass is 10.0.